The molecule has 7 nitrogen and oxygen atoms in total. The number of nitro benzene ring substituents is 1. The van der Waals surface area contributed by atoms with Crippen molar-refractivity contribution < 1.29 is 13.3 Å². The maximum Gasteiger partial charge on any atom is 0.312 e. The number of sulfonamides is 1. The van der Waals surface area contributed by atoms with Gasteiger partial charge in [0.2, 0.25) is 10.0 Å². The molecular weight excluding hydrogens is 294 g/mol. The third-order valence-corrected chi connectivity index (χ3v) is 5.31. The first-order valence-corrected chi connectivity index (χ1v) is 8.42. The lowest BCUT2D eigenvalue weighted by Crippen LogP contribution is -2.26. The molecule has 0 aromatic heterocycles. The van der Waals surface area contributed by atoms with Crippen LogP contribution in [0, 0.1) is 16.0 Å². The van der Waals surface area contributed by atoms with Crippen molar-refractivity contribution >= 4 is 21.4 Å². The fourth-order valence-electron chi connectivity index (χ4n) is 2.73. The fraction of sp³-hybridized carbons (Fsp3) is 0.538. The molecule has 0 bridgehead atoms. The summed E-state index contributed by atoms with van der Waals surface area (Å²) in [6.07, 6.45) is 5.39. The molecule has 21 heavy (non-hydrogen) atoms. The first kappa shape index (κ1) is 15.7. The number of nitrogens with zero attached hydrogens (tertiary/aromatic N) is 1. The van der Waals surface area contributed by atoms with Crippen LogP contribution < -0.4 is 10.5 Å². The normalized spacial score (nSPS) is 16.2. The summed E-state index contributed by atoms with van der Waals surface area (Å²) in [4.78, 5) is 9.87. The van der Waals surface area contributed by atoms with E-state index in [9.17, 15) is 18.5 Å². The molecule has 1 aromatic rings. The van der Waals surface area contributed by atoms with Crippen LogP contribution in [0.3, 0.4) is 0 Å². The molecule has 8 heteroatoms. The Labute approximate surface area is 123 Å². The Balaban J connectivity index is 2.12. The summed E-state index contributed by atoms with van der Waals surface area (Å²) in [6.45, 7) is 0.291. The molecule has 0 amide bonds. The smallest absolute Gasteiger partial charge is 0.312 e. The van der Waals surface area contributed by atoms with Crippen molar-refractivity contribution in [2.24, 2.45) is 5.92 Å². The van der Waals surface area contributed by atoms with Gasteiger partial charge in [0, 0.05) is 6.54 Å². The number of nitrogens with one attached hydrogen (secondary N) is 1. The van der Waals surface area contributed by atoms with Gasteiger partial charge in [0.15, 0.2) is 4.90 Å². The highest BCUT2D eigenvalue weighted by molar-refractivity contribution is 7.89. The molecule has 1 aromatic carbocycles. The molecule has 0 unspecified atom stereocenters. The monoisotopic (exact) mass is 313 g/mol. The average molecular weight is 313 g/mol. The Morgan fingerprint density at radius 3 is 2.62 bits per heavy atom. The van der Waals surface area contributed by atoms with Crippen LogP contribution >= 0.6 is 0 Å². The molecule has 2 rings (SSSR count). The van der Waals surface area contributed by atoms with E-state index >= 15 is 0 Å². The van der Waals surface area contributed by atoms with E-state index in [1.54, 1.807) is 0 Å². The van der Waals surface area contributed by atoms with E-state index in [2.05, 4.69) is 4.72 Å². The van der Waals surface area contributed by atoms with Crippen molar-refractivity contribution in [1.29, 1.82) is 0 Å². The Hall–Kier alpha value is -1.67. The van der Waals surface area contributed by atoms with Gasteiger partial charge in [-0.3, -0.25) is 10.1 Å². The van der Waals surface area contributed by atoms with Gasteiger partial charge < -0.3 is 5.73 Å². The average Bonchev–Trinajstić information content (AvgIpc) is 2.91. The maximum absolute atomic E-state index is 12.2. The summed E-state index contributed by atoms with van der Waals surface area (Å²) in [5.41, 5.74) is 4.80. The van der Waals surface area contributed by atoms with Gasteiger partial charge in [-0.15, -0.1) is 0 Å². The molecule has 1 aliphatic rings. The van der Waals surface area contributed by atoms with Gasteiger partial charge in [-0.2, -0.15) is 0 Å². The predicted molar refractivity (Wildman–Crippen MR) is 79.3 cm³/mol. The number of hydrogen-bond donors (Lipinski definition) is 2. The number of nitro groups is 1. The van der Waals surface area contributed by atoms with E-state index < -0.39 is 20.6 Å². The van der Waals surface area contributed by atoms with Crippen LogP contribution in [-0.2, 0) is 10.0 Å². The summed E-state index contributed by atoms with van der Waals surface area (Å²) in [7, 11) is -3.92. The summed E-state index contributed by atoms with van der Waals surface area (Å²) < 4.78 is 26.9. The summed E-state index contributed by atoms with van der Waals surface area (Å²) in [5, 5.41) is 11.0. The van der Waals surface area contributed by atoms with Crippen LogP contribution in [0.25, 0.3) is 0 Å². The minimum Gasteiger partial charge on any atom is -0.393 e. The zero-order valence-electron chi connectivity index (χ0n) is 11.6. The van der Waals surface area contributed by atoms with Gasteiger partial charge in [-0.05, 0) is 24.5 Å². The molecule has 3 N–H and O–H groups in total. The van der Waals surface area contributed by atoms with Crippen molar-refractivity contribution in [3.05, 3.63) is 28.3 Å². The zero-order chi connectivity index (χ0) is 15.5. The SMILES string of the molecule is Nc1cccc(S(=O)(=O)NCCC2CCCC2)c1[N+](=O)[O-]. The number of benzene rings is 1. The van der Waals surface area contributed by atoms with Crippen LogP contribution in [-0.4, -0.2) is 19.9 Å². The molecule has 0 radical (unpaired) electrons. The number of para-hydroxylation sites is 1. The van der Waals surface area contributed by atoms with E-state index in [0.717, 1.165) is 19.3 Å². The highest BCUT2D eigenvalue weighted by Gasteiger charge is 2.28. The molecule has 116 valence electrons. The first-order valence-electron chi connectivity index (χ1n) is 6.94. The predicted octanol–water partition coefficient (Wildman–Crippen LogP) is 2.04. The van der Waals surface area contributed by atoms with Crippen molar-refractivity contribution in [3.63, 3.8) is 0 Å². The molecular formula is C13H19N3O4S. The van der Waals surface area contributed by atoms with Crippen molar-refractivity contribution in [1.82, 2.24) is 4.72 Å². The Kier molecular flexibility index (Phi) is 4.79. The lowest BCUT2D eigenvalue weighted by molar-refractivity contribution is -0.386. The lowest BCUT2D eigenvalue weighted by atomic mass is 10.1. The topological polar surface area (TPSA) is 115 Å². The number of rotatable bonds is 6. The number of nitrogens with two attached hydrogens (primary N) is 1. The zero-order valence-corrected chi connectivity index (χ0v) is 12.4. The second kappa shape index (κ2) is 6.40. The molecule has 0 aliphatic heterocycles. The summed E-state index contributed by atoms with van der Waals surface area (Å²) in [5.74, 6) is 0.545. The third kappa shape index (κ3) is 3.70. The van der Waals surface area contributed by atoms with Gasteiger partial charge in [0.05, 0.1) is 4.92 Å². The molecule has 1 fully saturated rings. The standard InChI is InChI=1S/C13H19N3O4S/c14-11-6-3-7-12(13(11)16(17)18)21(19,20)15-9-8-10-4-1-2-5-10/h3,6-7,10,15H,1-2,4-5,8-9,14H2. The Morgan fingerprint density at radius 1 is 1.33 bits per heavy atom. The lowest BCUT2D eigenvalue weighted by Gasteiger charge is -2.11. The van der Waals surface area contributed by atoms with E-state index in [-0.39, 0.29) is 10.6 Å². The van der Waals surface area contributed by atoms with Gasteiger partial charge >= 0.3 is 5.69 Å². The third-order valence-electron chi connectivity index (χ3n) is 3.82. The number of hydrogen-bond acceptors (Lipinski definition) is 5. The second-order valence-electron chi connectivity index (χ2n) is 5.29. The highest BCUT2D eigenvalue weighted by atomic mass is 32.2. The highest BCUT2D eigenvalue weighted by Crippen LogP contribution is 2.30. The molecule has 0 atom stereocenters. The Bertz CT molecular complexity index is 624. The van der Waals surface area contributed by atoms with Crippen molar-refractivity contribution in [2.75, 3.05) is 12.3 Å². The molecule has 0 saturated heterocycles. The van der Waals surface area contributed by atoms with Crippen LogP contribution in [0.5, 0.6) is 0 Å². The van der Waals surface area contributed by atoms with Gasteiger partial charge in [0.1, 0.15) is 5.69 Å². The van der Waals surface area contributed by atoms with Crippen LogP contribution in [0.4, 0.5) is 11.4 Å². The van der Waals surface area contributed by atoms with E-state index in [1.165, 1.54) is 31.0 Å². The Morgan fingerprint density at radius 2 is 2.00 bits per heavy atom. The molecule has 1 aliphatic carbocycles. The van der Waals surface area contributed by atoms with Crippen LogP contribution in [0.15, 0.2) is 23.1 Å². The summed E-state index contributed by atoms with van der Waals surface area (Å²) >= 11 is 0. The summed E-state index contributed by atoms with van der Waals surface area (Å²) in [6, 6.07) is 3.91. The van der Waals surface area contributed by atoms with E-state index in [4.69, 9.17) is 5.73 Å². The van der Waals surface area contributed by atoms with Gasteiger partial charge in [-0.1, -0.05) is 31.7 Å². The fourth-order valence-corrected chi connectivity index (χ4v) is 3.97. The molecule has 0 spiro atoms. The molecule has 1 saturated carbocycles. The largest absolute Gasteiger partial charge is 0.393 e. The van der Waals surface area contributed by atoms with Crippen LogP contribution in [0.2, 0.25) is 0 Å². The first-order chi connectivity index (χ1) is 9.92. The quantitative estimate of drug-likeness (QED) is 0.473. The number of nitrogen functional groups attached to an aromatic ring is 1. The second-order valence-corrected chi connectivity index (χ2v) is 7.02. The number of anilines is 1. The minimum absolute atomic E-state index is 0.154. The maximum atomic E-state index is 12.2. The van der Waals surface area contributed by atoms with E-state index in [0.29, 0.717) is 12.5 Å². The van der Waals surface area contributed by atoms with Gasteiger partial charge in [0.25, 0.3) is 0 Å². The van der Waals surface area contributed by atoms with E-state index in [1.807, 2.05) is 0 Å². The minimum atomic E-state index is -3.92. The molecule has 0 heterocycles. The van der Waals surface area contributed by atoms with Crippen molar-refractivity contribution in [3.8, 4) is 0 Å². The van der Waals surface area contributed by atoms with Gasteiger partial charge in [-0.25, -0.2) is 13.1 Å². The van der Waals surface area contributed by atoms with Crippen LogP contribution in [0.1, 0.15) is 32.1 Å². The van der Waals surface area contributed by atoms with Crippen molar-refractivity contribution in [2.45, 2.75) is 37.0 Å².